The summed E-state index contributed by atoms with van der Waals surface area (Å²) < 4.78 is 5.33. The van der Waals surface area contributed by atoms with Crippen LogP contribution < -0.4 is 5.32 Å². The molecule has 0 aromatic carbocycles. The SMILES string of the molecule is CCN(CC1CCCCN1)C(=O)CC(C)(C)OC. The summed E-state index contributed by atoms with van der Waals surface area (Å²) in [5, 5.41) is 3.49. The lowest BCUT2D eigenvalue weighted by molar-refractivity contribution is -0.136. The Morgan fingerprint density at radius 3 is 2.67 bits per heavy atom. The minimum absolute atomic E-state index is 0.191. The molecule has 0 aliphatic carbocycles. The number of amides is 1. The summed E-state index contributed by atoms with van der Waals surface area (Å²) in [6.45, 7) is 8.64. The van der Waals surface area contributed by atoms with Crippen LogP contribution in [-0.4, -0.2) is 49.2 Å². The number of nitrogens with zero attached hydrogens (tertiary/aromatic N) is 1. The summed E-state index contributed by atoms with van der Waals surface area (Å²) >= 11 is 0. The third kappa shape index (κ3) is 4.94. The summed E-state index contributed by atoms with van der Waals surface area (Å²) in [7, 11) is 1.66. The fourth-order valence-corrected chi connectivity index (χ4v) is 2.30. The molecule has 0 saturated carbocycles. The van der Waals surface area contributed by atoms with Gasteiger partial charge in [-0.1, -0.05) is 6.42 Å². The molecule has 1 heterocycles. The lowest BCUT2D eigenvalue weighted by Gasteiger charge is -2.32. The van der Waals surface area contributed by atoms with E-state index in [9.17, 15) is 4.79 Å². The van der Waals surface area contributed by atoms with Gasteiger partial charge in [-0.05, 0) is 40.2 Å². The molecule has 1 unspecified atom stereocenters. The molecule has 0 aromatic rings. The lowest BCUT2D eigenvalue weighted by Crippen LogP contribution is -2.47. The highest BCUT2D eigenvalue weighted by Gasteiger charge is 2.26. The number of hydrogen-bond acceptors (Lipinski definition) is 3. The predicted octanol–water partition coefficient (Wildman–Crippen LogP) is 1.79. The van der Waals surface area contributed by atoms with Crippen molar-refractivity contribution < 1.29 is 9.53 Å². The van der Waals surface area contributed by atoms with Crippen molar-refractivity contribution in [2.45, 2.75) is 58.1 Å². The van der Waals surface area contributed by atoms with Crippen molar-refractivity contribution in [3.63, 3.8) is 0 Å². The van der Waals surface area contributed by atoms with E-state index >= 15 is 0 Å². The predicted molar refractivity (Wildman–Crippen MR) is 73.6 cm³/mol. The van der Waals surface area contributed by atoms with E-state index in [2.05, 4.69) is 5.32 Å². The molecule has 1 amide bonds. The van der Waals surface area contributed by atoms with Crippen molar-refractivity contribution in [1.82, 2.24) is 10.2 Å². The molecule has 4 heteroatoms. The molecule has 4 nitrogen and oxygen atoms in total. The Kier molecular flexibility index (Phi) is 6.09. The fourth-order valence-electron chi connectivity index (χ4n) is 2.30. The third-order valence-corrected chi connectivity index (χ3v) is 3.72. The van der Waals surface area contributed by atoms with Crippen molar-refractivity contribution in [2.24, 2.45) is 0 Å². The second-order valence-electron chi connectivity index (χ2n) is 5.72. The maximum absolute atomic E-state index is 12.2. The first-order valence-corrected chi connectivity index (χ1v) is 7.05. The van der Waals surface area contributed by atoms with Crippen molar-refractivity contribution >= 4 is 5.91 Å². The van der Waals surface area contributed by atoms with Gasteiger partial charge in [-0.2, -0.15) is 0 Å². The quantitative estimate of drug-likeness (QED) is 0.788. The molecule has 0 radical (unpaired) electrons. The second kappa shape index (κ2) is 7.10. The number of carbonyl (C=O) groups is 1. The van der Waals surface area contributed by atoms with Gasteiger partial charge in [-0.25, -0.2) is 0 Å². The molecule has 1 N–H and O–H groups in total. The minimum atomic E-state index is -0.371. The molecule has 0 spiro atoms. The molecule has 0 bridgehead atoms. The van der Waals surface area contributed by atoms with E-state index in [0.29, 0.717) is 12.5 Å². The number of methoxy groups -OCH3 is 1. The normalized spacial score (nSPS) is 20.8. The number of likely N-dealkylation sites (N-methyl/N-ethyl adjacent to an activating group) is 1. The number of ether oxygens (including phenoxy) is 1. The Morgan fingerprint density at radius 1 is 1.44 bits per heavy atom. The molecule has 1 saturated heterocycles. The first-order chi connectivity index (χ1) is 8.48. The second-order valence-corrected chi connectivity index (χ2v) is 5.72. The maximum Gasteiger partial charge on any atom is 0.225 e. The van der Waals surface area contributed by atoms with E-state index in [4.69, 9.17) is 4.74 Å². The molecular formula is C14H28N2O2. The first-order valence-electron chi connectivity index (χ1n) is 7.05. The van der Waals surface area contributed by atoms with Gasteiger partial charge in [-0.15, -0.1) is 0 Å². The molecular weight excluding hydrogens is 228 g/mol. The zero-order valence-corrected chi connectivity index (χ0v) is 12.3. The van der Waals surface area contributed by atoms with Crippen LogP contribution in [0.3, 0.4) is 0 Å². The fraction of sp³-hybridized carbons (Fsp3) is 0.929. The highest BCUT2D eigenvalue weighted by molar-refractivity contribution is 5.77. The Labute approximate surface area is 111 Å². The van der Waals surface area contributed by atoms with E-state index < -0.39 is 0 Å². The molecule has 18 heavy (non-hydrogen) atoms. The van der Waals surface area contributed by atoms with Crippen LogP contribution >= 0.6 is 0 Å². The highest BCUT2D eigenvalue weighted by atomic mass is 16.5. The van der Waals surface area contributed by atoms with Gasteiger partial charge >= 0.3 is 0 Å². The van der Waals surface area contributed by atoms with Gasteiger partial charge in [0.1, 0.15) is 0 Å². The number of rotatable bonds is 6. The van der Waals surface area contributed by atoms with Gasteiger partial charge < -0.3 is 15.0 Å². The monoisotopic (exact) mass is 256 g/mol. The van der Waals surface area contributed by atoms with Crippen LogP contribution in [0.25, 0.3) is 0 Å². The Balaban J connectivity index is 2.46. The van der Waals surface area contributed by atoms with Gasteiger partial charge in [0, 0.05) is 26.2 Å². The van der Waals surface area contributed by atoms with Gasteiger partial charge in [0.15, 0.2) is 0 Å². The first kappa shape index (κ1) is 15.4. The Hall–Kier alpha value is -0.610. The van der Waals surface area contributed by atoms with Crippen molar-refractivity contribution in [1.29, 1.82) is 0 Å². The topological polar surface area (TPSA) is 41.6 Å². The largest absolute Gasteiger partial charge is 0.378 e. The summed E-state index contributed by atoms with van der Waals surface area (Å²) in [4.78, 5) is 14.2. The van der Waals surface area contributed by atoms with Crippen molar-refractivity contribution in [3.8, 4) is 0 Å². The van der Waals surface area contributed by atoms with E-state index in [1.165, 1.54) is 19.3 Å². The van der Waals surface area contributed by atoms with Crippen LogP contribution in [0.1, 0.15) is 46.5 Å². The van der Waals surface area contributed by atoms with Gasteiger partial charge in [-0.3, -0.25) is 4.79 Å². The Bertz CT molecular complexity index is 261. The van der Waals surface area contributed by atoms with Gasteiger partial charge in [0.05, 0.1) is 12.0 Å². The maximum atomic E-state index is 12.2. The molecule has 1 rings (SSSR count). The zero-order chi connectivity index (χ0) is 13.6. The highest BCUT2D eigenvalue weighted by Crippen LogP contribution is 2.16. The van der Waals surface area contributed by atoms with Gasteiger partial charge in [0.2, 0.25) is 5.91 Å². The summed E-state index contributed by atoms with van der Waals surface area (Å²) in [5.41, 5.74) is -0.371. The number of hydrogen-bond donors (Lipinski definition) is 1. The van der Waals surface area contributed by atoms with Crippen LogP contribution in [0, 0.1) is 0 Å². The van der Waals surface area contributed by atoms with Gasteiger partial charge in [0.25, 0.3) is 0 Å². The van der Waals surface area contributed by atoms with Crippen LogP contribution in [0.4, 0.5) is 0 Å². The standard InChI is InChI=1S/C14H28N2O2/c1-5-16(11-12-8-6-7-9-15-12)13(17)10-14(2,3)18-4/h12,15H,5-11H2,1-4H3. The van der Waals surface area contributed by atoms with Crippen LogP contribution in [0.15, 0.2) is 0 Å². The van der Waals surface area contributed by atoms with E-state index in [0.717, 1.165) is 19.6 Å². The molecule has 1 aliphatic heterocycles. The smallest absolute Gasteiger partial charge is 0.225 e. The molecule has 1 fully saturated rings. The summed E-state index contributed by atoms with van der Waals surface area (Å²) in [6.07, 6.45) is 4.15. The van der Waals surface area contributed by atoms with E-state index in [1.54, 1.807) is 7.11 Å². The van der Waals surface area contributed by atoms with E-state index in [1.807, 2.05) is 25.7 Å². The van der Waals surface area contributed by atoms with E-state index in [-0.39, 0.29) is 11.5 Å². The summed E-state index contributed by atoms with van der Waals surface area (Å²) in [6, 6.07) is 0.466. The zero-order valence-electron chi connectivity index (χ0n) is 12.3. The third-order valence-electron chi connectivity index (χ3n) is 3.72. The van der Waals surface area contributed by atoms with Crippen molar-refractivity contribution in [3.05, 3.63) is 0 Å². The number of carbonyl (C=O) groups excluding carboxylic acids is 1. The Morgan fingerprint density at radius 2 is 2.17 bits per heavy atom. The average molecular weight is 256 g/mol. The van der Waals surface area contributed by atoms with Crippen LogP contribution in [0.2, 0.25) is 0 Å². The molecule has 0 aromatic heterocycles. The van der Waals surface area contributed by atoms with Crippen LogP contribution in [-0.2, 0) is 9.53 Å². The van der Waals surface area contributed by atoms with Crippen LogP contribution in [0.5, 0.6) is 0 Å². The minimum Gasteiger partial charge on any atom is -0.378 e. The number of nitrogens with one attached hydrogen (secondary N) is 1. The lowest BCUT2D eigenvalue weighted by atomic mass is 10.0. The van der Waals surface area contributed by atoms with Crippen molar-refractivity contribution in [2.75, 3.05) is 26.7 Å². The summed E-state index contributed by atoms with van der Waals surface area (Å²) in [5.74, 6) is 0.191. The molecule has 106 valence electrons. The molecule has 1 aliphatic rings. The molecule has 1 atom stereocenters. The number of piperidine rings is 1. The average Bonchev–Trinajstić information content (AvgIpc) is 2.36.